The van der Waals surface area contributed by atoms with Crippen molar-refractivity contribution in [3.8, 4) is 5.75 Å². The summed E-state index contributed by atoms with van der Waals surface area (Å²) in [6.45, 7) is 4.39. The molecule has 1 atom stereocenters. The summed E-state index contributed by atoms with van der Waals surface area (Å²) in [4.78, 5) is 25.5. The number of amides is 2. The van der Waals surface area contributed by atoms with Gasteiger partial charge < -0.3 is 15.4 Å². The first kappa shape index (κ1) is 22.5. The van der Waals surface area contributed by atoms with E-state index in [0.717, 1.165) is 11.1 Å². The molecule has 31 heavy (non-hydrogen) atoms. The van der Waals surface area contributed by atoms with Crippen LogP contribution in [0.15, 0.2) is 66.0 Å². The molecular weight excluding hydrogens is 415 g/mol. The molecule has 7 heteroatoms. The maximum Gasteiger partial charge on any atom is 0.262 e. The number of carbonyl (C=O) groups is 2. The molecule has 0 aliphatic carbocycles. The quantitative estimate of drug-likeness (QED) is 0.513. The van der Waals surface area contributed by atoms with Crippen molar-refractivity contribution in [2.45, 2.75) is 33.0 Å². The first-order chi connectivity index (χ1) is 14.9. The SMILES string of the molecule is CC(C)C(NC(=O)c1cccs1)C(=O)NCc1ccc(OCc2cccc(F)c2)cc1. The van der Waals surface area contributed by atoms with Gasteiger partial charge in [0.15, 0.2) is 0 Å². The van der Waals surface area contributed by atoms with E-state index in [1.807, 2.05) is 31.4 Å². The van der Waals surface area contributed by atoms with Gasteiger partial charge in [0, 0.05) is 6.54 Å². The Morgan fingerprint density at radius 2 is 1.81 bits per heavy atom. The Morgan fingerprint density at radius 3 is 2.45 bits per heavy atom. The highest BCUT2D eigenvalue weighted by Crippen LogP contribution is 2.15. The lowest BCUT2D eigenvalue weighted by atomic mass is 10.0. The summed E-state index contributed by atoms with van der Waals surface area (Å²) >= 11 is 1.34. The van der Waals surface area contributed by atoms with E-state index in [2.05, 4.69) is 10.6 Å². The van der Waals surface area contributed by atoms with Crippen molar-refractivity contribution in [3.05, 3.63) is 87.9 Å². The minimum absolute atomic E-state index is 0.0532. The van der Waals surface area contributed by atoms with Crippen molar-refractivity contribution < 1.29 is 18.7 Å². The van der Waals surface area contributed by atoms with Crippen LogP contribution in [0.1, 0.15) is 34.6 Å². The summed E-state index contributed by atoms with van der Waals surface area (Å²) in [7, 11) is 0. The van der Waals surface area contributed by atoms with Crippen LogP contribution in [0.5, 0.6) is 5.75 Å². The van der Waals surface area contributed by atoms with Gasteiger partial charge in [-0.15, -0.1) is 11.3 Å². The second-order valence-corrected chi connectivity index (χ2v) is 8.40. The molecule has 1 heterocycles. The first-order valence-electron chi connectivity index (χ1n) is 10.0. The summed E-state index contributed by atoms with van der Waals surface area (Å²) in [6, 6.07) is 16.5. The van der Waals surface area contributed by atoms with Crippen LogP contribution in [-0.2, 0) is 17.9 Å². The zero-order chi connectivity index (χ0) is 22.2. The average Bonchev–Trinajstić information content (AvgIpc) is 3.30. The van der Waals surface area contributed by atoms with Crippen molar-refractivity contribution in [3.63, 3.8) is 0 Å². The summed E-state index contributed by atoms with van der Waals surface area (Å²) in [6.07, 6.45) is 0. The highest BCUT2D eigenvalue weighted by molar-refractivity contribution is 7.12. The number of carbonyl (C=O) groups excluding carboxylic acids is 2. The number of hydrogen-bond donors (Lipinski definition) is 2. The number of rotatable bonds is 9. The predicted molar refractivity (Wildman–Crippen MR) is 119 cm³/mol. The van der Waals surface area contributed by atoms with E-state index >= 15 is 0 Å². The predicted octanol–water partition coefficient (Wildman–Crippen LogP) is 4.54. The molecule has 3 rings (SSSR count). The van der Waals surface area contributed by atoms with E-state index < -0.39 is 6.04 Å². The van der Waals surface area contributed by atoms with Crippen LogP contribution < -0.4 is 15.4 Å². The fraction of sp³-hybridized carbons (Fsp3) is 0.250. The summed E-state index contributed by atoms with van der Waals surface area (Å²) in [5.74, 6) is -0.168. The molecule has 3 aromatic rings. The minimum Gasteiger partial charge on any atom is -0.489 e. The number of nitrogens with one attached hydrogen (secondary N) is 2. The molecule has 0 radical (unpaired) electrons. The van der Waals surface area contributed by atoms with Crippen LogP contribution in [0.2, 0.25) is 0 Å². The van der Waals surface area contributed by atoms with E-state index in [-0.39, 0.29) is 30.2 Å². The molecule has 0 aliphatic heterocycles. The van der Waals surface area contributed by atoms with Gasteiger partial charge in [-0.2, -0.15) is 0 Å². The van der Waals surface area contributed by atoms with Crippen molar-refractivity contribution in [1.29, 1.82) is 0 Å². The zero-order valence-electron chi connectivity index (χ0n) is 17.4. The zero-order valence-corrected chi connectivity index (χ0v) is 18.2. The highest BCUT2D eigenvalue weighted by atomic mass is 32.1. The average molecular weight is 441 g/mol. The second kappa shape index (κ2) is 10.7. The van der Waals surface area contributed by atoms with Gasteiger partial charge in [0.25, 0.3) is 5.91 Å². The van der Waals surface area contributed by atoms with Crippen molar-refractivity contribution in [2.75, 3.05) is 0 Å². The number of halogens is 1. The van der Waals surface area contributed by atoms with Crippen molar-refractivity contribution in [1.82, 2.24) is 10.6 Å². The number of hydrogen-bond acceptors (Lipinski definition) is 4. The monoisotopic (exact) mass is 440 g/mol. The third kappa shape index (κ3) is 6.65. The van der Waals surface area contributed by atoms with Gasteiger partial charge in [0.2, 0.25) is 5.91 Å². The molecule has 1 aromatic heterocycles. The smallest absolute Gasteiger partial charge is 0.262 e. The molecule has 2 amide bonds. The van der Waals surface area contributed by atoms with E-state index in [1.165, 1.54) is 23.5 Å². The molecular formula is C24H25FN2O3S. The third-order valence-corrected chi connectivity index (χ3v) is 5.53. The maximum absolute atomic E-state index is 13.2. The Hall–Kier alpha value is -3.19. The standard InChI is InChI=1S/C24H25FN2O3S/c1-16(2)22(27-23(28)21-7-4-12-31-21)24(29)26-14-17-8-10-20(11-9-17)30-15-18-5-3-6-19(25)13-18/h3-13,16,22H,14-15H2,1-2H3,(H,26,29)(H,27,28). The summed E-state index contributed by atoms with van der Waals surface area (Å²) in [5, 5.41) is 7.52. The largest absolute Gasteiger partial charge is 0.489 e. The maximum atomic E-state index is 13.2. The molecule has 0 bridgehead atoms. The fourth-order valence-corrected chi connectivity index (χ4v) is 3.58. The van der Waals surface area contributed by atoms with E-state index in [9.17, 15) is 14.0 Å². The Morgan fingerprint density at radius 1 is 1.03 bits per heavy atom. The topological polar surface area (TPSA) is 67.4 Å². The van der Waals surface area contributed by atoms with E-state index in [1.54, 1.807) is 36.4 Å². The summed E-state index contributed by atoms with van der Waals surface area (Å²) in [5.41, 5.74) is 1.65. The van der Waals surface area contributed by atoms with Gasteiger partial charge >= 0.3 is 0 Å². The van der Waals surface area contributed by atoms with Gasteiger partial charge in [-0.3, -0.25) is 9.59 Å². The van der Waals surface area contributed by atoms with E-state index in [0.29, 0.717) is 17.2 Å². The van der Waals surface area contributed by atoms with Gasteiger partial charge in [-0.25, -0.2) is 4.39 Å². The molecule has 0 saturated heterocycles. The number of thiophene rings is 1. The molecule has 1 unspecified atom stereocenters. The minimum atomic E-state index is -0.622. The van der Waals surface area contributed by atoms with Crippen LogP contribution >= 0.6 is 11.3 Å². The Labute approximate surface area is 185 Å². The first-order valence-corrected chi connectivity index (χ1v) is 10.9. The van der Waals surface area contributed by atoms with Crippen LogP contribution in [0.25, 0.3) is 0 Å². The van der Waals surface area contributed by atoms with Gasteiger partial charge in [0.05, 0.1) is 4.88 Å². The van der Waals surface area contributed by atoms with Crippen molar-refractivity contribution in [2.24, 2.45) is 5.92 Å². The van der Waals surface area contributed by atoms with Gasteiger partial charge in [0.1, 0.15) is 24.2 Å². The fourth-order valence-electron chi connectivity index (χ4n) is 2.95. The lowest BCUT2D eigenvalue weighted by Crippen LogP contribution is -2.49. The molecule has 162 valence electrons. The Kier molecular flexibility index (Phi) is 7.78. The summed E-state index contributed by atoms with van der Waals surface area (Å²) < 4.78 is 18.9. The van der Waals surface area contributed by atoms with Crippen LogP contribution in [0.3, 0.4) is 0 Å². The third-order valence-electron chi connectivity index (χ3n) is 4.67. The van der Waals surface area contributed by atoms with Crippen LogP contribution in [-0.4, -0.2) is 17.9 Å². The van der Waals surface area contributed by atoms with Gasteiger partial charge in [-0.05, 0) is 52.8 Å². The van der Waals surface area contributed by atoms with Crippen molar-refractivity contribution >= 4 is 23.2 Å². The van der Waals surface area contributed by atoms with E-state index in [4.69, 9.17) is 4.74 Å². The lowest BCUT2D eigenvalue weighted by Gasteiger charge is -2.21. The molecule has 2 N–H and O–H groups in total. The van der Waals surface area contributed by atoms with Crippen LogP contribution in [0, 0.1) is 11.7 Å². The molecule has 0 saturated carbocycles. The Balaban J connectivity index is 1.50. The normalized spacial score (nSPS) is 11.7. The Bertz CT molecular complexity index is 1000. The number of benzene rings is 2. The molecule has 0 fully saturated rings. The molecule has 0 spiro atoms. The van der Waals surface area contributed by atoms with Crippen LogP contribution in [0.4, 0.5) is 4.39 Å². The highest BCUT2D eigenvalue weighted by Gasteiger charge is 2.24. The molecule has 2 aromatic carbocycles. The lowest BCUT2D eigenvalue weighted by molar-refractivity contribution is -0.124. The second-order valence-electron chi connectivity index (χ2n) is 7.45. The molecule has 0 aliphatic rings. The number of ether oxygens (including phenoxy) is 1. The molecule has 5 nitrogen and oxygen atoms in total. The van der Waals surface area contributed by atoms with Gasteiger partial charge in [-0.1, -0.05) is 44.2 Å².